The molecule has 1 amide bonds. The van der Waals surface area contributed by atoms with Crippen LogP contribution in [0.1, 0.15) is 28.4 Å². The number of para-hydroxylation sites is 1. The zero-order chi connectivity index (χ0) is 24.0. The van der Waals surface area contributed by atoms with Gasteiger partial charge in [-0.1, -0.05) is 48.5 Å². The van der Waals surface area contributed by atoms with Crippen molar-refractivity contribution in [1.29, 1.82) is 0 Å². The van der Waals surface area contributed by atoms with E-state index < -0.39 is 10.0 Å². The van der Waals surface area contributed by atoms with E-state index in [1.54, 1.807) is 49.5 Å². The highest BCUT2D eigenvalue weighted by Crippen LogP contribution is 2.24. The highest BCUT2D eigenvalue weighted by molar-refractivity contribution is 7.92. The number of rotatable bonds is 9. The van der Waals surface area contributed by atoms with Crippen LogP contribution in [0.3, 0.4) is 0 Å². The summed E-state index contributed by atoms with van der Waals surface area (Å²) in [5, 5.41) is 7.10. The summed E-state index contributed by atoms with van der Waals surface area (Å²) >= 11 is 0. The summed E-state index contributed by atoms with van der Waals surface area (Å²) in [6.07, 6.45) is 3.63. The van der Waals surface area contributed by atoms with Gasteiger partial charge in [0, 0.05) is 31.0 Å². The molecule has 8 heteroatoms. The normalized spacial score (nSPS) is 11.2. The summed E-state index contributed by atoms with van der Waals surface area (Å²) < 4.78 is 29.7. The molecule has 1 N–H and O–H groups in total. The highest BCUT2D eigenvalue weighted by atomic mass is 32.2. The molecule has 0 aliphatic heterocycles. The number of anilines is 1. The second-order valence-electron chi connectivity index (χ2n) is 7.74. The van der Waals surface area contributed by atoms with Crippen molar-refractivity contribution in [3.8, 4) is 0 Å². The van der Waals surface area contributed by atoms with Gasteiger partial charge in [0.05, 0.1) is 17.1 Å². The largest absolute Gasteiger partial charge is 0.348 e. The Labute approximate surface area is 199 Å². The predicted octanol–water partition coefficient (Wildman–Crippen LogP) is 4.08. The van der Waals surface area contributed by atoms with Crippen LogP contribution in [-0.2, 0) is 23.1 Å². The lowest BCUT2D eigenvalue weighted by molar-refractivity contribution is 0.0950. The van der Waals surface area contributed by atoms with Crippen LogP contribution < -0.4 is 9.62 Å². The van der Waals surface area contributed by atoms with Crippen LogP contribution in [0.15, 0.2) is 102 Å². The van der Waals surface area contributed by atoms with Crippen LogP contribution >= 0.6 is 0 Å². The minimum Gasteiger partial charge on any atom is -0.348 e. The van der Waals surface area contributed by atoms with Gasteiger partial charge in [0.15, 0.2) is 0 Å². The van der Waals surface area contributed by atoms with Gasteiger partial charge in [-0.15, -0.1) is 0 Å². The maximum atomic E-state index is 13.3. The van der Waals surface area contributed by atoms with Crippen LogP contribution in [-0.4, -0.2) is 30.7 Å². The molecule has 174 valence electrons. The van der Waals surface area contributed by atoms with Gasteiger partial charge < -0.3 is 5.32 Å². The molecule has 1 aromatic heterocycles. The minimum atomic E-state index is -3.81. The standard InChI is InChI=1S/C26H26N4O3S/c1-2-30(24-12-4-3-5-13-24)34(32,33)25-14-7-11-23(18-25)26(31)27-19-21-9-6-10-22(17-21)20-29-16-8-15-28-29/h3-18H,2,19-20H2,1H3,(H,27,31). The van der Waals surface area contributed by atoms with Crippen LogP contribution in [0.2, 0.25) is 0 Å². The predicted molar refractivity (Wildman–Crippen MR) is 132 cm³/mol. The zero-order valence-corrected chi connectivity index (χ0v) is 19.7. The van der Waals surface area contributed by atoms with Crippen LogP contribution in [0, 0.1) is 0 Å². The molecule has 0 unspecified atom stereocenters. The van der Waals surface area contributed by atoms with Crippen molar-refractivity contribution in [3.63, 3.8) is 0 Å². The van der Waals surface area contributed by atoms with E-state index in [9.17, 15) is 13.2 Å². The Morgan fingerprint density at radius 2 is 1.71 bits per heavy atom. The molecule has 0 radical (unpaired) electrons. The molecule has 4 rings (SSSR count). The van der Waals surface area contributed by atoms with E-state index in [1.807, 2.05) is 47.3 Å². The summed E-state index contributed by atoms with van der Waals surface area (Å²) in [6.45, 7) is 3.02. The Balaban J connectivity index is 1.47. The van der Waals surface area contributed by atoms with E-state index in [2.05, 4.69) is 10.4 Å². The van der Waals surface area contributed by atoms with Crippen molar-refractivity contribution in [2.45, 2.75) is 24.9 Å². The summed E-state index contributed by atoms with van der Waals surface area (Å²) in [5.74, 6) is -0.336. The molecule has 0 atom stereocenters. The molecule has 1 heterocycles. The minimum absolute atomic E-state index is 0.0760. The van der Waals surface area contributed by atoms with Gasteiger partial charge in [0.2, 0.25) is 0 Å². The first-order valence-corrected chi connectivity index (χ1v) is 12.4. The lowest BCUT2D eigenvalue weighted by atomic mass is 10.1. The first-order chi connectivity index (χ1) is 16.5. The topological polar surface area (TPSA) is 84.3 Å². The molecule has 0 bridgehead atoms. The van der Waals surface area contributed by atoms with Gasteiger partial charge in [0.1, 0.15) is 0 Å². The first-order valence-electron chi connectivity index (χ1n) is 11.0. The van der Waals surface area contributed by atoms with Crippen molar-refractivity contribution < 1.29 is 13.2 Å². The number of aromatic nitrogens is 2. The van der Waals surface area contributed by atoms with E-state index in [0.717, 1.165) is 11.1 Å². The number of carbonyl (C=O) groups excluding carboxylic acids is 1. The Morgan fingerprint density at radius 1 is 0.941 bits per heavy atom. The van der Waals surface area contributed by atoms with Crippen LogP contribution in [0.4, 0.5) is 5.69 Å². The summed E-state index contributed by atoms with van der Waals surface area (Å²) in [5.41, 5.74) is 2.89. The third-order valence-electron chi connectivity index (χ3n) is 5.36. The number of hydrogen-bond acceptors (Lipinski definition) is 4. The quantitative estimate of drug-likeness (QED) is 0.396. The Hall–Kier alpha value is -3.91. The fourth-order valence-corrected chi connectivity index (χ4v) is 5.23. The van der Waals surface area contributed by atoms with Gasteiger partial charge in [-0.25, -0.2) is 8.42 Å². The second kappa shape index (κ2) is 10.4. The van der Waals surface area contributed by atoms with Crippen molar-refractivity contribution in [2.75, 3.05) is 10.8 Å². The van der Waals surface area contributed by atoms with E-state index in [1.165, 1.54) is 16.4 Å². The molecule has 0 saturated carbocycles. The van der Waals surface area contributed by atoms with Crippen molar-refractivity contribution in [1.82, 2.24) is 15.1 Å². The van der Waals surface area contributed by atoms with Crippen molar-refractivity contribution >= 4 is 21.6 Å². The maximum Gasteiger partial charge on any atom is 0.264 e. The first kappa shape index (κ1) is 23.3. The van der Waals surface area contributed by atoms with Crippen LogP contribution in [0.25, 0.3) is 0 Å². The lowest BCUT2D eigenvalue weighted by Crippen LogP contribution is -2.31. The molecule has 0 saturated heterocycles. The smallest absolute Gasteiger partial charge is 0.264 e. The molecule has 3 aromatic carbocycles. The monoisotopic (exact) mass is 474 g/mol. The Kier molecular flexibility index (Phi) is 7.08. The summed E-state index contributed by atoms with van der Waals surface area (Å²) in [7, 11) is -3.81. The fraction of sp³-hybridized carbons (Fsp3) is 0.154. The van der Waals surface area contributed by atoms with Crippen LogP contribution in [0.5, 0.6) is 0 Å². The van der Waals surface area contributed by atoms with Gasteiger partial charge >= 0.3 is 0 Å². The molecule has 0 spiro atoms. The van der Waals surface area contributed by atoms with Gasteiger partial charge in [0.25, 0.3) is 15.9 Å². The fourth-order valence-electron chi connectivity index (χ4n) is 3.71. The number of sulfonamides is 1. The highest BCUT2D eigenvalue weighted by Gasteiger charge is 2.24. The molecule has 0 fully saturated rings. The molecule has 0 aliphatic carbocycles. The SMILES string of the molecule is CCN(c1ccccc1)S(=O)(=O)c1cccc(C(=O)NCc2cccc(Cn3cccn3)c2)c1. The van der Waals surface area contributed by atoms with Gasteiger partial charge in [-0.2, -0.15) is 5.10 Å². The lowest BCUT2D eigenvalue weighted by Gasteiger charge is -2.23. The number of hydrogen-bond donors (Lipinski definition) is 1. The molecule has 7 nitrogen and oxygen atoms in total. The molecular formula is C26H26N4O3S. The summed E-state index contributed by atoms with van der Waals surface area (Å²) in [6, 6.07) is 24.8. The Bertz CT molecular complexity index is 1350. The molecular weight excluding hydrogens is 448 g/mol. The van der Waals surface area contributed by atoms with Crippen molar-refractivity contribution in [2.24, 2.45) is 0 Å². The van der Waals surface area contributed by atoms with E-state index in [-0.39, 0.29) is 22.9 Å². The Morgan fingerprint density at radius 3 is 2.44 bits per heavy atom. The van der Waals surface area contributed by atoms with E-state index in [0.29, 0.717) is 18.8 Å². The van der Waals surface area contributed by atoms with Gasteiger partial charge in [-0.3, -0.25) is 13.8 Å². The number of amides is 1. The van der Waals surface area contributed by atoms with Gasteiger partial charge in [-0.05, 0) is 54.4 Å². The molecule has 34 heavy (non-hydrogen) atoms. The number of benzene rings is 3. The van der Waals surface area contributed by atoms with E-state index in [4.69, 9.17) is 0 Å². The number of nitrogens with one attached hydrogen (secondary N) is 1. The summed E-state index contributed by atoms with van der Waals surface area (Å²) in [4.78, 5) is 12.9. The zero-order valence-electron chi connectivity index (χ0n) is 18.8. The maximum absolute atomic E-state index is 13.3. The third-order valence-corrected chi connectivity index (χ3v) is 7.26. The van der Waals surface area contributed by atoms with Crippen molar-refractivity contribution in [3.05, 3.63) is 114 Å². The second-order valence-corrected chi connectivity index (χ2v) is 9.60. The molecule has 4 aromatic rings. The molecule has 0 aliphatic rings. The average molecular weight is 475 g/mol. The average Bonchev–Trinajstić information content (AvgIpc) is 3.37. The number of carbonyl (C=O) groups is 1. The number of nitrogens with zero attached hydrogens (tertiary/aromatic N) is 3. The third kappa shape index (κ3) is 5.35. The van der Waals surface area contributed by atoms with E-state index >= 15 is 0 Å².